The number of alkyl halides is 13. The molecule has 37 heavy (non-hydrogen) atoms. The van der Waals surface area contributed by atoms with Gasteiger partial charge in [0, 0.05) is 12.0 Å². The smallest absolute Gasteiger partial charge is 0.458 e. The fraction of sp³-hybridized carbons (Fsp3) is 0.600. The van der Waals surface area contributed by atoms with Crippen LogP contribution in [0.15, 0.2) is 30.3 Å². The Kier molecular flexibility index (Phi) is 8.59. The van der Waals surface area contributed by atoms with Crippen molar-refractivity contribution in [1.29, 1.82) is 0 Å². The molecule has 1 aromatic rings. The van der Waals surface area contributed by atoms with Crippen molar-refractivity contribution < 1.29 is 71.4 Å². The number of esters is 1. The fourth-order valence-electron chi connectivity index (χ4n) is 2.58. The van der Waals surface area contributed by atoms with Gasteiger partial charge in [-0.3, -0.25) is 4.79 Å². The van der Waals surface area contributed by atoms with Crippen LogP contribution in [-0.2, 0) is 9.53 Å². The minimum Gasteiger partial charge on any atom is -0.458 e. The number of nitrogens with one attached hydrogen (secondary N) is 1. The van der Waals surface area contributed by atoms with E-state index in [4.69, 9.17) is 0 Å². The average molecular weight is 567 g/mol. The molecule has 0 aliphatic carbocycles. The van der Waals surface area contributed by atoms with Crippen LogP contribution in [0.1, 0.15) is 37.6 Å². The van der Waals surface area contributed by atoms with Gasteiger partial charge in [0.15, 0.2) is 0 Å². The largest absolute Gasteiger partial charge is 0.460 e. The van der Waals surface area contributed by atoms with E-state index in [9.17, 15) is 66.7 Å². The second kappa shape index (κ2) is 9.85. The first-order valence-corrected chi connectivity index (χ1v) is 9.77. The monoisotopic (exact) mass is 567 g/mol. The minimum atomic E-state index is -8.08. The molecule has 0 aliphatic heterocycles. The standard InChI is InChI=1S/C20H18F13NO3/c1-14(2,3)37-13(36)11(34-12(35)10-7-5-4-6-8-10)9-15(21,22)16(23,24)17(25,26)18(27,28)19(29,30)20(31,32)33/h4-8,11H,9H2,1-3H3,(H,34,35). The first-order valence-electron chi connectivity index (χ1n) is 9.77. The topological polar surface area (TPSA) is 55.4 Å². The number of benzene rings is 1. The minimum absolute atomic E-state index is 0.396. The third-order valence-electron chi connectivity index (χ3n) is 4.49. The number of halogens is 13. The van der Waals surface area contributed by atoms with Crippen molar-refractivity contribution in [3.63, 3.8) is 0 Å². The summed E-state index contributed by atoms with van der Waals surface area (Å²) in [6.45, 7) is 3.34. The second-order valence-electron chi connectivity index (χ2n) is 8.63. The number of rotatable bonds is 9. The highest BCUT2D eigenvalue weighted by Gasteiger charge is 2.90. The van der Waals surface area contributed by atoms with Crippen LogP contribution < -0.4 is 5.32 Å². The van der Waals surface area contributed by atoms with E-state index in [1.165, 1.54) is 23.5 Å². The Hall–Kier alpha value is -2.75. The van der Waals surface area contributed by atoms with Gasteiger partial charge in [-0.1, -0.05) is 18.2 Å². The molecule has 4 nitrogen and oxygen atoms in total. The highest BCUT2D eigenvalue weighted by Crippen LogP contribution is 2.60. The molecule has 0 saturated carbocycles. The lowest BCUT2D eigenvalue weighted by Crippen LogP contribution is -2.70. The predicted molar refractivity (Wildman–Crippen MR) is 98.9 cm³/mol. The van der Waals surface area contributed by atoms with Gasteiger partial charge in [-0.25, -0.2) is 4.79 Å². The Morgan fingerprint density at radius 2 is 1.16 bits per heavy atom. The van der Waals surface area contributed by atoms with Gasteiger partial charge in [-0.05, 0) is 32.9 Å². The third kappa shape index (κ3) is 6.22. The Balaban J connectivity index is 3.49. The van der Waals surface area contributed by atoms with Crippen LogP contribution in [0.25, 0.3) is 0 Å². The Bertz CT molecular complexity index is 970. The van der Waals surface area contributed by atoms with Gasteiger partial charge < -0.3 is 10.1 Å². The van der Waals surface area contributed by atoms with Gasteiger partial charge >= 0.3 is 41.8 Å². The molecule has 17 heteroatoms. The molecule has 0 aromatic heterocycles. The number of amides is 1. The Morgan fingerprint density at radius 1 is 0.730 bits per heavy atom. The first-order chi connectivity index (χ1) is 16.2. The van der Waals surface area contributed by atoms with Gasteiger partial charge in [0.2, 0.25) is 0 Å². The summed E-state index contributed by atoms with van der Waals surface area (Å²) in [4.78, 5) is 24.5. The van der Waals surface area contributed by atoms with Crippen molar-refractivity contribution in [2.75, 3.05) is 0 Å². The first kappa shape index (κ1) is 32.3. The highest BCUT2D eigenvalue weighted by molar-refractivity contribution is 5.96. The molecule has 1 unspecified atom stereocenters. The van der Waals surface area contributed by atoms with Crippen LogP contribution in [-0.4, -0.2) is 59.3 Å². The van der Waals surface area contributed by atoms with Crippen molar-refractivity contribution in [2.24, 2.45) is 0 Å². The molecule has 0 spiro atoms. The number of hydrogen-bond donors (Lipinski definition) is 1. The van der Waals surface area contributed by atoms with Crippen molar-refractivity contribution in [3.8, 4) is 0 Å². The molecule has 0 fully saturated rings. The highest BCUT2D eigenvalue weighted by atomic mass is 19.4. The van der Waals surface area contributed by atoms with E-state index >= 15 is 0 Å². The molecule has 212 valence electrons. The van der Waals surface area contributed by atoms with Crippen LogP contribution in [0.2, 0.25) is 0 Å². The molecular formula is C20H18F13NO3. The molecule has 0 radical (unpaired) electrons. The van der Waals surface area contributed by atoms with Gasteiger partial charge in [-0.15, -0.1) is 0 Å². The second-order valence-corrected chi connectivity index (χ2v) is 8.63. The van der Waals surface area contributed by atoms with E-state index in [0.29, 0.717) is 0 Å². The molecule has 1 atom stereocenters. The molecule has 1 rings (SSSR count). The molecule has 0 bridgehead atoms. The summed E-state index contributed by atoms with van der Waals surface area (Å²) in [6, 6.07) is 2.83. The summed E-state index contributed by atoms with van der Waals surface area (Å²) in [5, 5.41) is 1.44. The summed E-state index contributed by atoms with van der Waals surface area (Å²) < 4.78 is 179. The van der Waals surface area contributed by atoms with Crippen molar-refractivity contribution in [2.45, 2.75) is 74.6 Å². The normalized spacial score (nSPS) is 15.2. The van der Waals surface area contributed by atoms with E-state index in [2.05, 4.69) is 4.74 Å². The van der Waals surface area contributed by atoms with Crippen LogP contribution in [0.4, 0.5) is 57.1 Å². The predicted octanol–water partition coefficient (Wildman–Crippen LogP) is 6.26. The molecular weight excluding hydrogens is 549 g/mol. The maximum atomic E-state index is 14.4. The lowest BCUT2D eigenvalue weighted by atomic mass is 9.91. The van der Waals surface area contributed by atoms with Crippen molar-refractivity contribution in [1.82, 2.24) is 5.32 Å². The van der Waals surface area contributed by atoms with Crippen molar-refractivity contribution >= 4 is 11.9 Å². The zero-order chi connectivity index (χ0) is 29.5. The maximum absolute atomic E-state index is 14.4. The molecule has 1 N–H and O–H groups in total. The maximum Gasteiger partial charge on any atom is 0.460 e. The van der Waals surface area contributed by atoms with Crippen LogP contribution in [0, 0.1) is 0 Å². The molecule has 1 aromatic carbocycles. The van der Waals surface area contributed by atoms with Gasteiger partial charge in [0.05, 0.1) is 0 Å². The quantitative estimate of drug-likeness (QED) is 0.284. The molecule has 1 amide bonds. The number of carbonyl (C=O) groups excluding carboxylic acids is 2. The fourth-order valence-corrected chi connectivity index (χ4v) is 2.58. The summed E-state index contributed by atoms with van der Waals surface area (Å²) in [5.41, 5.74) is -1.97. The van der Waals surface area contributed by atoms with E-state index in [-0.39, 0.29) is 0 Å². The summed E-state index contributed by atoms with van der Waals surface area (Å²) in [6.07, 6.45) is -10.5. The van der Waals surface area contributed by atoms with E-state index in [1.807, 2.05) is 0 Å². The van der Waals surface area contributed by atoms with Crippen LogP contribution in [0.5, 0.6) is 0 Å². The molecule has 0 heterocycles. The van der Waals surface area contributed by atoms with Crippen molar-refractivity contribution in [3.05, 3.63) is 35.9 Å². The number of ether oxygens (including phenoxy) is 1. The van der Waals surface area contributed by atoms with E-state index in [1.54, 1.807) is 0 Å². The number of carbonyl (C=O) groups is 2. The van der Waals surface area contributed by atoms with Crippen LogP contribution in [0.3, 0.4) is 0 Å². The summed E-state index contributed by atoms with van der Waals surface area (Å²) in [5.74, 6) is -41.6. The zero-order valence-corrected chi connectivity index (χ0v) is 18.8. The van der Waals surface area contributed by atoms with E-state index in [0.717, 1.165) is 32.9 Å². The van der Waals surface area contributed by atoms with Gasteiger partial charge in [0.1, 0.15) is 11.6 Å². The lowest BCUT2D eigenvalue weighted by molar-refractivity contribution is -0.440. The SMILES string of the molecule is CC(C)(C)OC(=O)C(CC(F)(F)C(F)(F)C(F)(F)C(F)(F)C(F)(F)C(F)(F)F)NC(=O)c1ccccc1. The van der Waals surface area contributed by atoms with Gasteiger partial charge in [0.25, 0.3) is 5.91 Å². The Morgan fingerprint density at radius 3 is 1.57 bits per heavy atom. The van der Waals surface area contributed by atoms with Crippen LogP contribution >= 0.6 is 0 Å². The lowest BCUT2D eigenvalue weighted by Gasteiger charge is -2.40. The third-order valence-corrected chi connectivity index (χ3v) is 4.49. The zero-order valence-electron chi connectivity index (χ0n) is 18.8. The van der Waals surface area contributed by atoms with Gasteiger partial charge in [-0.2, -0.15) is 57.1 Å². The molecule has 0 aliphatic rings. The number of hydrogen-bond acceptors (Lipinski definition) is 3. The summed E-state index contributed by atoms with van der Waals surface area (Å²) in [7, 11) is 0. The average Bonchev–Trinajstić information content (AvgIpc) is 2.71. The van der Waals surface area contributed by atoms with E-state index < -0.39 is 71.3 Å². The summed E-state index contributed by atoms with van der Waals surface area (Å²) >= 11 is 0. The Labute approximate surface area is 200 Å². The molecule has 0 saturated heterocycles.